The summed E-state index contributed by atoms with van der Waals surface area (Å²) in [6, 6.07) is 5.65. The summed E-state index contributed by atoms with van der Waals surface area (Å²) in [5.41, 5.74) is -1.73. The maximum absolute atomic E-state index is 14.5. The lowest BCUT2D eigenvalue weighted by molar-refractivity contribution is 0.0497. The third kappa shape index (κ3) is 5.09. The van der Waals surface area contributed by atoms with Crippen LogP contribution in [-0.4, -0.2) is 21.2 Å². The van der Waals surface area contributed by atoms with Crippen molar-refractivity contribution < 1.29 is 22.7 Å². The number of carbonyl (C=O) groups excluding carboxylic acids is 1. The van der Waals surface area contributed by atoms with Gasteiger partial charge >= 0.3 is 6.09 Å². The van der Waals surface area contributed by atoms with Gasteiger partial charge in [0.05, 0.1) is 17.2 Å². The first-order valence-electron chi connectivity index (χ1n) is 10.2. The Bertz CT molecular complexity index is 1200. The van der Waals surface area contributed by atoms with Crippen LogP contribution in [0.2, 0.25) is 0 Å². The summed E-state index contributed by atoms with van der Waals surface area (Å²) in [5, 5.41) is 2.35. The molecule has 3 aromatic rings. The fourth-order valence-electron chi connectivity index (χ4n) is 3.36. The summed E-state index contributed by atoms with van der Waals surface area (Å²) in [5.74, 6) is -2.65. The second-order valence-corrected chi connectivity index (χ2v) is 8.36. The maximum Gasteiger partial charge on any atom is 0.408 e. The number of fused-ring (bicyclic) bond motifs is 1. The highest BCUT2D eigenvalue weighted by Crippen LogP contribution is 2.24. The monoisotopic (exact) mass is 447 g/mol. The van der Waals surface area contributed by atoms with Crippen molar-refractivity contribution in [1.29, 1.82) is 0 Å². The molecule has 0 unspecified atom stereocenters. The molecule has 0 aliphatic carbocycles. The van der Waals surface area contributed by atoms with Gasteiger partial charge in [-0.2, -0.15) is 0 Å². The van der Waals surface area contributed by atoms with Gasteiger partial charge in [-0.1, -0.05) is 19.4 Å². The van der Waals surface area contributed by atoms with Crippen LogP contribution in [0.1, 0.15) is 52.4 Å². The minimum absolute atomic E-state index is 0.00538. The molecule has 0 saturated carbocycles. The van der Waals surface area contributed by atoms with Crippen LogP contribution in [0.25, 0.3) is 16.6 Å². The van der Waals surface area contributed by atoms with E-state index in [0.29, 0.717) is 18.9 Å². The summed E-state index contributed by atoms with van der Waals surface area (Å²) in [7, 11) is 0. The smallest absolute Gasteiger partial charge is 0.408 e. The van der Waals surface area contributed by atoms with Crippen LogP contribution >= 0.6 is 0 Å². The van der Waals surface area contributed by atoms with E-state index in [1.807, 2.05) is 6.92 Å². The van der Waals surface area contributed by atoms with Crippen molar-refractivity contribution in [3.63, 3.8) is 0 Å². The van der Waals surface area contributed by atoms with Crippen molar-refractivity contribution in [2.45, 2.75) is 52.2 Å². The number of hydrogen-bond donors (Lipinski definition) is 1. The summed E-state index contributed by atoms with van der Waals surface area (Å²) in [4.78, 5) is 30.2. The zero-order valence-corrected chi connectivity index (χ0v) is 18.2. The average Bonchev–Trinajstić information content (AvgIpc) is 2.65. The lowest BCUT2D eigenvalue weighted by atomic mass is 10.1. The first-order chi connectivity index (χ1) is 15.0. The number of nitrogens with one attached hydrogen (secondary N) is 1. The van der Waals surface area contributed by atoms with E-state index in [1.54, 1.807) is 20.8 Å². The standard InChI is InChI=1S/C23H24F3N3O3/c1-5-7-18(28-22(31)32-23(2,3)4)20-27-17-9-6-8-16(26)19(17)21(30)29(20)15-11-13(24)10-14(25)12-15/h6,8-12,18H,5,7H2,1-4H3,(H,28,31)/t18-/m0/s1. The van der Waals surface area contributed by atoms with E-state index in [0.717, 1.165) is 22.8 Å². The SMILES string of the molecule is CCC[C@H](NC(=O)OC(C)(C)C)c1nc2cccc(F)c2c(=O)n1-c1cc(F)cc(F)c1. The zero-order valence-electron chi connectivity index (χ0n) is 18.2. The van der Waals surface area contributed by atoms with Crippen molar-refractivity contribution in [3.8, 4) is 5.69 Å². The number of hydrogen-bond acceptors (Lipinski definition) is 4. The molecule has 3 rings (SSSR count). The zero-order chi connectivity index (χ0) is 23.6. The topological polar surface area (TPSA) is 73.2 Å². The van der Waals surface area contributed by atoms with E-state index in [-0.39, 0.29) is 22.4 Å². The Morgan fingerprint density at radius 2 is 1.81 bits per heavy atom. The van der Waals surface area contributed by atoms with Gasteiger partial charge in [-0.15, -0.1) is 0 Å². The molecule has 9 heteroatoms. The number of alkyl carbamates (subject to hydrolysis) is 1. The molecule has 1 aromatic heterocycles. The lowest BCUT2D eigenvalue weighted by Gasteiger charge is -2.25. The highest BCUT2D eigenvalue weighted by atomic mass is 19.1. The van der Waals surface area contributed by atoms with E-state index < -0.39 is 40.7 Å². The molecule has 1 N–H and O–H groups in total. The normalized spacial score (nSPS) is 12.6. The molecular formula is C23H24F3N3O3. The first-order valence-corrected chi connectivity index (χ1v) is 10.2. The predicted octanol–water partition coefficient (Wildman–Crippen LogP) is 5.17. The van der Waals surface area contributed by atoms with Crippen LogP contribution < -0.4 is 10.9 Å². The Balaban J connectivity index is 2.27. The van der Waals surface area contributed by atoms with Crippen LogP contribution in [-0.2, 0) is 4.74 Å². The van der Waals surface area contributed by atoms with E-state index in [1.165, 1.54) is 12.1 Å². The van der Waals surface area contributed by atoms with E-state index in [2.05, 4.69) is 10.3 Å². The molecule has 1 atom stereocenters. The molecule has 0 aliphatic heterocycles. The fraction of sp³-hybridized carbons (Fsp3) is 0.348. The Morgan fingerprint density at radius 1 is 1.16 bits per heavy atom. The van der Waals surface area contributed by atoms with E-state index in [9.17, 15) is 22.8 Å². The Hall–Kier alpha value is -3.36. The van der Waals surface area contributed by atoms with Gasteiger partial charge in [0.1, 0.15) is 34.3 Å². The minimum Gasteiger partial charge on any atom is -0.444 e. The van der Waals surface area contributed by atoms with Crippen molar-refractivity contribution in [2.75, 3.05) is 0 Å². The number of amides is 1. The fourth-order valence-corrected chi connectivity index (χ4v) is 3.36. The molecule has 170 valence electrons. The quantitative estimate of drug-likeness (QED) is 0.586. The third-order valence-electron chi connectivity index (χ3n) is 4.56. The number of rotatable bonds is 5. The van der Waals surface area contributed by atoms with Gasteiger partial charge in [0.15, 0.2) is 0 Å². The molecule has 0 fully saturated rings. The Labute approximate surface area is 183 Å². The number of ether oxygens (including phenoxy) is 1. The predicted molar refractivity (Wildman–Crippen MR) is 114 cm³/mol. The minimum atomic E-state index is -0.918. The Kier molecular flexibility index (Phi) is 6.57. The number of aromatic nitrogens is 2. The largest absolute Gasteiger partial charge is 0.444 e. The second kappa shape index (κ2) is 9.02. The molecule has 0 aliphatic rings. The van der Waals surface area contributed by atoms with Gasteiger partial charge in [-0.25, -0.2) is 22.9 Å². The highest BCUT2D eigenvalue weighted by Gasteiger charge is 2.26. The number of nitrogens with zero attached hydrogens (tertiary/aromatic N) is 2. The van der Waals surface area contributed by atoms with Crippen molar-refractivity contribution >= 4 is 17.0 Å². The number of halogens is 3. The summed E-state index contributed by atoms with van der Waals surface area (Å²) in [6.45, 7) is 6.95. The molecule has 0 bridgehead atoms. The van der Waals surface area contributed by atoms with E-state index in [4.69, 9.17) is 4.74 Å². The maximum atomic E-state index is 14.5. The molecule has 6 nitrogen and oxygen atoms in total. The highest BCUT2D eigenvalue weighted by molar-refractivity contribution is 5.79. The average molecular weight is 447 g/mol. The summed E-state index contributed by atoms with van der Waals surface area (Å²) < 4.78 is 48.7. The molecule has 2 aromatic carbocycles. The van der Waals surface area contributed by atoms with Crippen molar-refractivity contribution in [2.24, 2.45) is 0 Å². The van der Waals surface area contributed by atoms with Gasteiger partial charge in [0, 0.05) is 6.07 Å². The van der Waals surface area contributed by atoms with Gasteiger partial charge in [-0.3, -0.25) is 9.36 Å². The van der Waals surface area contributed by atoms with Crippen LogP contribution in [0.15, 0.2) is 41.2 Å². The van der Waals surface area contributed by atoms with E-state index >= 15 is 0 Å². The third-order valence-corrected chi connectivity index (χ3v) is 4.56. The molecule has 0 radical (unpaired) electrons. The first kappa shape index (κ1) is 23.3. The molecule has 1 amide bonds. The molecule has 0 spiro atoms. The van der Waals surface area contributed by atoms with Crippen molar-refractivity contribution in [1.82, 2.24) is 14.9 Å². The molecule has 1 heterocycles. The number of carbonyl (C=O) groups is 1. The lowest BCUT2D eigenvalue weighted by Crippen LogP contribution is -2.38. The second-order valence-electron chi connectivity index (χ2n) is 8.36. The molecule has 32 heavy (non-hydrogen) atoms. The summed E-state index contributed by atoms with van der Waals surface area (Å²) >= 11 is 0. The van der Waals surface area contributed by atoms with Gasteiger partial charge in [-0.05, 0) is 51.5 Å². The Morgan fingerprint density at radius 3 is 2.41 bits per heavy atom. The van der Waals surface area contributed by atoms with Crippen LogP contribution in [0.4, 0.5) is 18.0 Å². The van der Waals surface area contributed by atoms with Crippen LogP contribution in [0, 0.1) is 17.5 Å². The molecular weight excluding hydrogens is 423 g/mol. The summed E-state index contributed by atoms with van der Waals surface area (Å²) in [6.07, 6.45) is 0.167. The van der Waals surface area contributed by atoms with Gasteiger partial charge < -0.3 is 10.1 Å². The number of benzene rings is 2. The molecule has 0 saturated heterocycles. The van der Waals surface area contributed by atoms with Crippen molar-refractivity contribution in [3.05, 3.63) is 70.0 Å². The van der Waals surface area contributed by atoms with Gasteiger partial charge in [0.25, 0.3) is 5.56 Å². The van der Waals surface area contributed by atoms with Crippen LogP contribution in [0.5, 0.6) is 0 Å². The van der Waals surface area contributed by atoms with Crippen LogP contribution in [0.3, 0.4) is 0 Å². The van der Waals surface area contributed by atoms with Gasteiger partial charge in [0.2, 0.25) is 0 Å².